The topological polar surface area (TPSA) is 103 Å². The van der Waals surface area contributed by atoms with Crippen LogP contribution in [-0.4, -0.2) is 66.9 Å². The lowest BCUT2D eigenvalue weighted by atomic mass is 10.0. The summed E-state index contributed by atoms with van der Waals surface area (Å²) < 4.78 is 1.06. The summed E-state index contributed by atoms with van der Waals surface area (Å²) in [5, 5.41) is 9.63. The van der Waals surface area contributed by atoms with Crippen molar-refractivity contribution in [2.24, 2.45) is 0 Å². The standard InChI is InChI=1S/C31H41N5O3S/c1-6-28(37)34-26(19-30-35-25-15-14-23(21(2)3)18-27(25)40-30)31(39)33-24(17-22-11-8-7-9-12-22)20-32-29(38)13-10-16-36(4)5/h7-15,18,21,24,26H,6,16-17,19-20H2,1-5H3,(H,32,38)(H,33,39)(H,34,37)/b13-10+/t24-,26-/m0/s1. The van der Waals surface area contributed by atoms with E-state index >= 15 is 0 Å². The van der Waals surface area contributed by atoms with E-state index in [0.29, 0.717) is 18.9 Å². The molecule has 40 heavy (non-hydrogen) atoms. The molecule has 0 unspecified atom stereocenters. The molecule has 0 aliphatic carbocycles. The molecule has 1 aromatic heterocycles. The van der Waals surface area contributed by atoms with Gasteiger partial charge in [-0.25, -0.2) is 4.98 Å². The van der Waals surface area contributed by atoms with E-state index in [1.807, 2.05) is 55.4 Å². The summed E-state index contributed by atoms with van der Waals surface area (Å²) in [6.45, 7) is 6.96. The monoisotopic (exact) mass is 563 g/mol. The van der Waals surface area contributed by atoms with Crippen LogP contribution in [0.5, 0.6) is 0 Å². The van der Waals surface area contributed by atoms with E-state index < -0.39 is 6.04 Å². The summed E-state index contributed by atoms with van der Waals surface area (Å²) in [4.78, 5) is 45.0. The van der Waals surface area contributed by atoms with Crippen LogP contribution in [0.2, 0.25) is 0 Å². The Balaban J connectivity index is 1.76. The first-order valence-corrected chi connectivity index (χ1v) is 14.6. The van der Waals surface area contributed by atoms with Gasteiger partial charge in [-0.2, -0.15) is 0 Å². The van der Waals surface area contributed by atoms with Crippen LogP contribution in [0.25, 0.3) is 10.2 Å². The highest BCUT2D eigenvalue weighted by atomic mass is 32.1. The number of hydrogen-bond acceptors (Lipinski definition) is 6. The maximum atomic E-state index is 13.6. The average molecular weight is 564 g/mol. The quantitative estimate of drug-likeness (QED) is 0.259. The molecule has 3 amide bonds. The smallest absolute Gasteiger partial charge is 0.243 e. The highest BCUT2D eigenvalue weighted by molar-refractivity contribution is 7.18. The summed E-state index contributed by atoms with van der Waals surface area (Å²) in [6.07, 6.45) is 4.37. The maximum absolute atomic E-state index is 13.6. The van der Waals surface area contributed by atoms with Gasteiger partial charge in [0.05, 0.1) is 21.3 Å². The van der Waals surface area contributed by atoms with Gasteiger partial charge in [0.25, 0.3) is 0 Å². The number of carbonyl (C=O) groups excluding carboxylic acids is 3. The molecule has 3 rings (SSSR count). The summed E-state index contributed by atoms with van der Waals surface area (Å²) in [6, 6.07) is 14.9. The minimum Gasteiger partial charge on any atom is -0.350 e. The zero-order valence-electron chi connectivity index (χ0n) is 24.1. The molecule has 9 heteroatoms. The van der Waals surface area contributed by atoms with E-state index in [9.17, 15) is 14.4 Å². The van der Waals surface area contributed by atoms with Gasteiger partial charge in [-0.05, 0) is 49.7 Å². The van der Waals surface area contributed by atoms with Gasteiger partial charge in [-0.15, -0.1) is 11.3 Å². The Morgan fingerprint density at radius 1 is 1.02 bits per heavy atom. The molecule has 0 saturated carbocycles. The second-order valence-electron chi connectivity index (χ2n) is 10.5. The zero-order valence-corrected chi connectivity index (χ0v) is 24.9. The van der Waals surface area contributed by atoms with Crippen molar-refractivity contribution in [3.8, 4) is 0 Å². The van der Waals surface area contributed by atoms with E-state index in [-0.39, 0.29) is 43.1 Å². The van der Waals surface area contributed by atoms with Gasteiger partial charge < -0.3 is 20.9 Å². The van der Waals surface area contributed by atoms with Gasteiger partial charge in [0.2, 0.25) is 17.7 Å². The summed E-state index contributed by atoms with van der Waals surface area (Å²) in [5.41, 5.74) is 3.16. The van der Waals surface area contributed by atoms with Crippen molar-refractivity contribution < 1.29 is 14.4 Å². The highest BCUT2D eigenvalue weighted by Crippen LogP contribution is 2.27. The maximum Gasteiger partial charge on any atom is 0.243 e. The fourth-order valence-corrected chi connectivity index (χ4v) is 5.20. The lowest BCUT2D eigenvalue weighted by Gasteiger charge is -2.23. The van der Waals surface area contributed by atoms with Crippen molar-refractivity contribution in [3.05, 3.63) is 76.8 Å². The molecule has 0 aliphatic rings. The normalized spacial score (nSPS) is 13.1. The third-order valence-corrected chi connectivity index (χ3v) is 7.45. The number of carbonyl (C=O) groups is 3. The molecular formula is C31H41N5O3S. The lowest BCUT2D eigenvalue weighted by molar-refractivity contribution is -0.129. The first kappa shape index (κ1) is 31.0. The molecule has 0 aliphatic heterocycles. The number of aromatic nitrogens is 1. The van der Waals surface area contributed by atoms with Crippen molar-refractivity contribution in [1.82, 2.24) is 25.8 Å². The molecule has 0 radical (unpaired) electrons. The number of nitrogens with zero attached hydrogens (tertiary/aromatic N) is 2. The summed E-state index contributed by atoms with van der Waals surface area (Å²) in [5.74, 6) is -0.326. The van der Waals surface area contributed by atoms with Crippen molar-refractivity contribution >= 4 is 39.3 Å². The minimum absolute atomic E-state index is 0.206. The van der Waals surface area contributed by atoms with Crippen LogP contribution in [0.3, 0.4) is 0 Å². The van der Waals surface area contributed by atoms with Crippen molar-refractivity contribution in [2.75, 3.05) is 27.2 Å². The predicted molar refractivity (Wildman–Crippen MR) is 162 cm³/mol. The first-order chi connectivity index (χ1) is 19.1. The number of hydrogen-bond donors (Lipinski definition) is 3. The lowest BCUT2D eigenvalue weighted by Crippen LogP contribution is -2.53. The number of rotatable bonds is 14. The Labute approximate surface area is 241 Å². The van der Waals surface area contributed by atoms with Crippen LogP contribution in [0.15, 0.2) is 60.7 Å². The van der Waals surface area contributed by atoms with Gasteiger partial charge >= 0.3 is 0 Å². The Morgan fingerprint density at radius 2 is 1.77 bits per heavy atom. The van der Waals surface area contributed by atoms with Crippen LogP contribution in [0.4, 0.5) is 0 Å². The van der Waals surface area contributed by atoms with Gasteiger partial charge in [0.1, 0.15) is 6.04 Å². The highest BCUT2D eigenvalue weighted by Gasteiger charge is 2.25. The predicted octanol–water partition coefficient (Wildman–Crippen LogP) is 3.82. The number of likely N-dealkylation sites (N-methyl/N-ethyl adjacent to an activating group) is 1. The zero-order chi connectivity index (χ0) is 29.1. The van der Waals surface area contributed by atoms with E-state index in [4.69, 9.17) is 4.98 Å². The molecule has 8 nitrogen and oxygen atoms in total. The van der Waals surface area contributed by atoms with Crippen LogP contribution in [0.1, 0.15) is 49.2 Å². The molecule has 0 spiro atoms. The van der Waals surface area contributed by atoms with E-state index in [0.717, 1.165) is 20.8 Å². The van der Waals surface area contributed by atoms with Crippen LogP contribution in [-0.2, 0) is 27.2 Å². The number of benzene rings is 2. The van der Waals surface area contributed by atoms with Crippen molar-refractivity contribution in [2.45, 2.75) is 58.0 Å². The van der Waals surface area contributed by atoms with Crippen molar-refractivity contribution in [1.29, 1.82) is 0 Å². The Hall–Kier alpha value is -3.56. The fraction of sp³-hybridized carbons (Fsp3) is 0.419. The first-order valence-electron chi connectivity index (χ1n) is 13.8. The fourth-order valence-electron chi connectivity index (χ4n) is 4.14. The number of fused-ring (bicyclic) bond motifs is 1. The second kappa shape index (κ2) is 15.3. The summed E-state index contributed by atoms with van der Waals surface area (Å²) >= 11 is 1.54. The number of nitrogens with one attached hydrogen (secondary N) is 3. The number of thiazole rings is 1. The van der Waals surface area contributed by atoms with E-state index in [1.165, 1.54) is 11.6 Å². The Morgan fingerprint density at radius 3 is 2.45 bits per heavy atom. The summed E-state index contributed by atoms with van der Waals surface area (Å²) in [7, 11) is 3.86. The molecule has 2 aromatic carbocycles. The SMILES string of the molecule is CCC(=O)N[C@@H](Cc1nc2ccc(C(C)C)cc2s1)C(=O)N[C@H](CNC(=O)/C=C/CN(C)C)Cc1ccccc1. The molecule has 214 valence electrons. The number of amides is 3. The van der Waals surface area contributed by atoms with Gasteiger partial charge in [0.15, 0.2) is 0 Å². The molecule has 0 saturated heterocycles. The second-order valence-corrected chi connectivity index (χ2v) is 11.6. The van der Waals surface area contributed by atoms with Crippen LogP contribution >= 0.6 is 11.3 Å². The minimum atomic E-state index is -0.786. The van der Waals surface area contributed by atoms with E-state index in [2.05, 4.69) is 41.9 Å². The Kier molecular flexibility index (Phi) is 11.8. The third kappa shape index (κ3) is 9.88. The van der Waals surface area contributed by atoms with Crippen LogP contribution < -0.4 is 16.0 Å². The molecule has 3 N–H and O–H groups in total. The molecule has 0 bridgehead atoms. The van der Waals surface area contributed by atoms with Crippen LogP contribution in [0, 0.1) is 0 Å². The van der Waals surface area contributed by atoms with Crippen molar-refractivity contribution in [3.63, 3.8) is 0 Å². The molecule has 3 aromatic rings. The molecule has 0 fully saturated rings. The van der Waals surface area contributed by atoms with Gasteiger partial charge in [-0.1, -0.05) is 63.2 Å². The largest absolute Gasteiger partial charge is 0.350 e. The molecule has 2 atom stereocenters. The molecule has 1 heterocycles. The third-order valence-electron chi connectivity index (χ3n) is 6.41. The van der Waals surface area contributed by atoms with Gasteiger partial charge in [0, 0.05) is 32.0 Å². The van der Waals surface area contributed by atoms with E-state index in [1.54, 1.807) is 24.3 Å². The molecular weight excluding hydrogens is 522 g/mol. The van der Waals surface area contributed by atoms with Gasteiger partial charge in [-0.3, -0.25) is 14.4 Å². The average Bonchev–Trinajstić information content (AvgIpc) is 3.33. The Bertz CT molecular complexity index is 1300.